The van der Waals surface area contributed by atoms with Crippen LogP contribution in [0.1, 0.15) is 11.1 Å². The summed E-state index contributed by atoms with van der Waals surface area (Å²) in [6.07, 6.45) is 0. The van der Waals surface area contributed by atoms with Crippen molar-refractivity contribution in [2.45, 2.75) is 13.5 Å². The van der Waals surface area contributed by atoms with Gasteiger partial charge in [0.05, 0.1) is 11.4 Å². The summed E-state index contributed by atoms with van der Waals surface area (Å²) in [4.78, 5) is 0. The number of halogens is 1. The quantitative estimate of drug-likeness (QED) is 0.660. The van der Waals surface area contributed by atoms with E-state index >= 15 is 0 Å². The minimum atomic E-state index is 0.795. The lowest BCUT2D eigenvalue weighted by molar-refractivity contribution is 1.15. The van der Waals surface area contributed by atoms with E-state index in [-0.39, 0.29) is 0 Å². The molecule has 0 amide bonds. The lowest BCUT2D eigenvalue weighted by Gasteiger charge is -2.09. The molecule has 0 fully saturated rings. The monoisotopic (exact) mass is 338 g/mol. The third-order valence-corrected chi connectivity index (χ3v) is 3.29. The second-order valence-corrected chi connectivity index (χ2v) is 5.32. The number of aryl methyl sites for hydroxylation is 1. The standard InChI is InChI=1S/C14H15IN2/c1-10-2-4-11(5-3-10)9-17-14-7-6-12(15)8-13(14)16/h2-8,17H,9,16H2,1H3. The number of nitrogens with one attached hydrogen (secondary N) is 1. The molecule has 0 atom stereocenters. The van der Waals surface area contributed by atoms with E-state index in [9.17, 15) is 0 Å². The number of anilines is 2. The molecule has 2 aromatic rings. The molecule has 0 bridgehead atoms. The van der Waals surface area contributed by atoms with E-state index in [1.165, 1.54) is 11.1 Å². The highest BCUT2D eigenvalue weighted by Crippen LogP contribution is 2.21. The highest BCUT2D eigenvalue weighted by Gasteiger charge is 1.99. The van der Waals surface area contributed by atoms with Crippen LogP contribution < -0.4 is 11.1 Å². The molecule has 88 valence electrons. The van der Waals surface area contributed by atoms with Crippen LogP contribution >= 0.6 is 22.6 Å². The average Bonchev–Trinajstić information content (AvgIpc) is 2.30. The lowest BCUT2D eigenvalue weighted by atomic mass is 10.1. The van der Waals surface area contributed by atoms with Gasteiger partial charge in [-0.05, 0) is 53.3 Å². The first kappa shape index (κ1) is 12.2. The molecule has 3 heteroatoms. The summed E-state index contributed by atoms with van der Waals surface area (Å²) >= 11 is 2.26. The molecule has 2 aromatic carbocycles. The number of nitrogen functional groups attached to an aromatic ring is 1. The van der Waals surface area contributed by atoms with E-state index < -0.39 is 0 Å². The molecule has 2 nitrogen and oxygen atoms in total. The molecule has 0 aromatic heterocycles. The van der Waals surface area contributed by atoms with E-state index in [1.807, 2.05) is 18.2 Å². The average molecular weight is 338 g/mol. The first-order valence-corrected chi connectivity index (χ1v) is 6.57. The van der Waals surface area contributed by atoms with Crippen molar-refractivity contribution < 1.29 is 0 Å². The molecule has 0 radical (unpaired) electrons. The lowest BCUT2D eigenvalue weighted by Crippen LogP contribution is -2.02. The first-order chi connectivity index (χ1) is 8.15. The Hall–Kier alpha value is -1.23. The van der Waals surface area contributed by atoms with E-state index in [0.29, 0.717) is 0 Å². The molecule has 0 unspecified atom stereocenters. The maximum absolute atomic E-state index is 5.94. The molecule has 0 heterocycles. The van der Waals surface area contributed by atoms with Crippen molar-refractivity contribution in [3.63, 3.8) is 0 Å². The fourth-order valence-electron chi connectivity index (χ4n) is 1.60. The van der Waals surface area contributed by atoms with Gasteiger partial charge in [-0.1, -0.05) is 29.8 Å². The van der Waals surface area contributed by atoms with Crippen molar-refractivity contribution in [1.82, 2.24) is 0 Å². The Balaban J connectivity index is 2.04. The largest absolute Gasteiger partial charge is 0.397 e. The number of rotatable bonds is 3. The van der Waals surface area contributed by atoms with Crippen LogP contribution in [0.2, 0.25) is 0 Å². The van der Waals surface area contributed by atoms with E-state index in [1.54, 1.807) is 0 Å². The number of hydrogen-bond acceptors (Lipinski definition) is 2. The Morgan fingerprint density at radius 1 is 1.12 bits per heavy atom. The summed E-state index contributed by atoms with van der Waals surface area (Å²) in [7, 11) is 0. The molecule has 0 aliphatic carbocycles. The summed E-state index contributed by atoms with van der Waals surface area (Å²) in [5.41, 5.74) is 10.3. The zero-order valence-corrected chi connectivity index (χ0v) is 11.9. The van der Waals surface area contributed by atoms with Gasteiger partial charge in [0.2, 0.25) is 0 Å². The van der Waals surface area contributed by atoms with Crippen molar-refractivity contribution in [3.8, 4) is 0 Å². The Morgan fingerprint density at radius 2 is 1.82 bits per heavy atom. The molecule has 0 saturated carbocycles. The zero-order chi connectivity index (χ0) is 12.3. The van der Waals surface area contributed by atoms with Crippen LogP contribution in [0.25, 0.3) is 0 Å². The van der Waals surface area contributed by atoms with Crippen LogP contribution in [0.4, 0.5) is 11.4 Å². The minimum Gasteiger partial charge on any atom is -0.397 e. The van der Waals surface area contributed by atoms with Crippen LogP contribution in [-0.2, 0) is 6.54 Å². The molecule has 3 N–H and O–H groups in total. The van der Waals surface area contributed by atoms with Gasteiger partial charge >= 0.3 is 0 Å². The van der Waals surface area contributed by atoms with E-state index in [2.05, 4.69) is 59.1 Å². The molecule has 0 aliphatic rings. The van der Waals surface area contributed by atoms with Crippen molar-refractivity contribution in [1.29, 1.82) is 0 Å². The van der Waals surface area contributed by atoms with Crippen molar-refractivity contribution in [2.75, 3.05) is 11.1 Å². The second-order valence-electron chi connectivity index (χ2n) is 4.07. The summed E-state index contributed by atoms with van der Waals surface area (Å²) < 4.78 is 1.15. The van der Waals surface area contributed by atoms with Gasteiger partial charge in [0, 0.05) is 10.1 Å². The van der Waals surface area contributed by atoms with Crippen molar-refractivity contribution in [2.24, 2.45) is 0 Å². The minimum absolute atomic E-state index is 0.795. The Bertz CT molecular complexity index is 506. The highest BCUT2D eigenvalue weighted by atomic mass is 127. The zero-order valence-electron chi connectivity index (χ0n) is 9.70. The number of nitrogens with two attached hydrogens (primary N) is 1. The van der Waals surface area contributed by atoms with Crippen molar-refractivity contribution in [3.05, 3.63) is 57.2 Å². The SMILES string of the molecule is Cc1ccc(CNc2ccc(I)cc2N)cc1. The van der Waals surface area contributed by atoms with Gasteiger partial charge in [-0.2, -0.15) is 0 Å². The highest BCUT2D eigenvalue weighted by molar-refractivity contribution is 14.1. The van der Waals surface area contributed by atoms with Gasteiger partial charge in [0.1, 0.15) is 0 Å². The van der Waals surface area contributed by atoms with Crippen LogP contribution in [0, 0.1) is 10.5 Å². The molecule has 2 rings (SSSR count). The van der Waals surface area contributed by atoms with Gasteiger partial charge < -0.3 is 11.1 Å². The molecular formula is C14H15IN2. The van der Waals surface area contributed by atoms with Crippen LogP contribution in [0.3, 0.4) is 0 Å². The molecule has 0 spiro atoms. The third-order valence-electron chi connectivity index (χ3n) is 2.62. The van der Waals surface area contributed by atoms with Gasteiger partial charge in [-0.15, -0.1) is 0 Å². The van der Waals surface area contributed by atoms with Gasteiger partial charge in [-0.25, -0.2) is 0 Å². The van der Waals surface area contributed by atoms with E-state index in [0.717, 1.165) is 21.5 Å². The van der Waals surface area contributed by atoms with Crippen molar-refractivity contribution >= 4 is 34.0 Å². The molecule has 17 heavy (non-hydrogen) atoms. The first-order valence-electron chi connectivity index (χ1n) is 5.49. The van der Waals surface area contributed by atoms with Gasteiger partial charge in [-0.3, -0.25) is 0 Å². The topological polar surface area (TPSA) is 38.0 Å². The maximum atomic E-state index is 5.94. The fourth-order valence-corrected chi connectivity index (χ4v) is 2.11. The van der Waals surface area contributed by atoms with Crippen LogP contribution in [0.5, 0.6) is 0 Å². The van der Waals surface area contributed by atoms with E-state index in [4.69, 9.17) is 5.73 Å². The Labute approximate surface area is 115 Å². The number of benzene rings is 2. The summed E-state index contributed by atoms with van der Waals surface area (Å²) in [5.74, 6) is 0. The predicted molar refractivity (Wildman–Crippen MR) is 82.1 cm³/mol. The number of hydrogen-bond donors (Lipinski definition) is 2. The summed E-state index contributed by atoms with van der Waals surface area (Å²) in [6, 6.07) is 14.5. The normalized spacial score (nSPS) is 10.2. The Morgan fingerprint density at radius 3 is 2.47 bits per heavy atom. The van der Waals surface area contributed by atoms with Gasteiger partial charge in [0.15, 0.2) is 0 Å². The molecule has 0 saturated heterocycles. The van der Waals surface area contributed by atoms with Crippen LogP contribution in [-0.4, -0.2) is 0 Å². The Kier molecular flexibility index (Phi) is 3.89. The molecule has 0 aliphatic heterocycles. The fraction of sp³-hybridized carbons (Fsp3) is 0.143. The van der Waals surface area contributed by atoms with Crippen LogP contribution in [0.15, 0.2) is 42.5 Å². The predicted octanol–water partition coefficient (Wildman–Crippen LogP) is 3.79. The molecular weight excluding hydrogens is 323 g/mol. The second kappa shape index (κ2) is 5.40. The third kappa shape index (κ3) is 3.36. The smallest absolute Gasteiger partial charge is 0.0577 e. The maximum Gasteiger partial charge on any atom is 0.0577 e. The summed E-state index contributed by atoms with van der Waals surface area (Å²) in [6.45, 7) is 2.89. The van der Waals surface area contributed by atoms with Gasteiger partial charge in [0.25, 0.3) is 0 Å². The summed E-state index contributed by atoms with van der Waals surface area (Å²) in [5, 5.41) is 3.35.